The molecule has 0 aliphatic rings. The first-order valence-corrected chi connectivity index (χ1v) is 5.79. The van der Waals surface area contributed by atoms with Gasteiger partial charge in [0.25, 0.3) is 0 Å². The summed E-state index contributed by atoms with van der Waals surface area (Å²) in [6.45, 7) is 8.14. The highest BCUT2D eigenvalue weighted by atomic mass is 32.2. The van der Waals surface area contributed by atoms with Crippen LogP contribution in [-0.2, 0) is 11.1 Å². The fourth-order valence-corrected chi connectivity index (χ4v) is 1.01. The molecule has 0 heterocycles. The molecule has 3 nitrogen and oxygen atoms in total. The van der Waals surface area contributed by atoms with E-state index in [2.05, 4.69) is 26.5 Å². The molecule has 1 unspecified atom stereocenters. The second-order valence-corrected chi connectivity index (χ2v) is 5.55. The SMILES string of the molecule is CC(C)(C)[NH3+].Cc1ccc(S(=O)[O-])cc1. The molecule has 3 N–H and O–H groups in total. The van der Waals surface area contributed by atoms with Crippen LogP contribution in [0.1, 0.15) is 26.3 Å². The lowest BCUT2D eigenvalue weighted by Gasteiger charge is -2.03. The molecule has 0 aliphatic heterocycles. The fourth-order valence-electron chi connectivity index (χ4n) is 0.649. The van der Waals surface area contributed by atoms with Crippen LogP contribution >= 0.6 is 0 Å². The lowest BCUT2D eigenvalue weighted by atomic mass is 10.1. The van der Waals surface area contributed by atoms with Crippen LogP contribution in [0, 0.1) is 6.92 Å². The van der Waals surface area contributed by atoms with Crippen molar-refractivity contribution in [1.82, 2.24) is 0 Å². The molecule has 1 rings (SSSR count). The normalized spacial score (nSPS) is 12.7. The standard InChI is InChI=1S/C7H8O2S.C4H11N/c1-6-2-4-7(5-3-6)10(8)9;1-4(2,3)5/h2-5H,1H3,(H,8,9);5H2,1-3H3. The molecule has 15 heavy (non-hydrogen) atoms. The van der Waals surface area contributed by atoms with E-state index in [-0.39, 0.29) is 5.54 Å². The summed E-state index contributed by atoms with van der Waals surface area (Å²) in [4.78, 5) is 0.339. The van der Waals surface area contributed by atoms with Gasteiger partial charge in [0.1, 0.15) is 0 Å². The van der Waals surface area contributed by atoms with Gasteiger partial charge in [-0.05, 0) is 50.9 Å². The zero-order chi connectivity index (χ0) is 12.1. The van der Waals surface area contributed by atoms with E-state index in [1.54, 1.807) is 24.3 Å². The van der Waals surface area contributed by atoms with Gasteiger partial charge in [-0.25, -0.2) is 0 Å². The molecular weight excluding hydrogens is 210 g/mol. The van der Waals surface area contributed by atoms with E-state index >= 15 is 0 Å². The van der Waals surface area contributed by atoms with Gasteiger partial charge in [0.2, 0.25) is 0 Å². The van der Waals surface area contributed by atoms with Crippen LogP contribution in [0.3, 0.4) is 0 Å². The average Bonchev–Trinajstić information content (AvgIpc) is 2.01. The molecule has 0 aromatic heterocycles. The number of rotatable bonds is 1. The smallest absolute Gasteiger partial charge is 0.0860 e. The first kappa shape index (κ1) is 14.3. The Kier molecular flexibility index (Phi) is 5.72. The second-order valence-electron chi connectivity index (χ2n) is 4.61. The first-order chi connectivity index (χ1) is 6.70. The minimum atomic E-state index is -2.09. The molecule has 4 heteroatoms. The van der Waals surface area contributed by atoms with Gasteiger partial charge < -0.3 is 10.3 Å². The summed E-state index contributed by atoms with van der Waals surface area (Å²) in [6.07, 6.45) is 0. The highest BCUT2D eigenvalue weighted by Crippen LogP contribution is 2.05. The van der Waals surface area contributed by atoms with E-state index < -0.39 is 11.1 Å². The van der Waals surface area contributed by atoms with Crippen LogP contribution in [0.15, 0.2) is 29.2 Å². The Hall–Kier alpha value is -0.710. The van der Waals surface area contributed by atoms with Crippen LogP contribution in [0.4, 0.5) is 0 Å². The monoisotopic (exact) mass is 229 g/mol. The van der Waals surface area contributed by atoms with Crippen molar-refractivity contribution in [3.8, 4) is 0 Å². The Morgan fingerprint density at radius 2 is 1.53 bits per heavy atom. The van der Waals surface area contributed by atoms with Crippen molar-refractivity contribution < 1.29 is 14.5 Å². The number of hydrogen-bond acceptors (Lipinski definition) is 2. The molecule has 0 saturated heterocycles. The largest absolute Gasteiger partial charge is 0.768 e. The Morgan fingerprint density at radius 1 is 1.20 bits per heavy atom. The Bertz CT molecular complexity index is 308. The fraction of sp³-hybridized carbons (Fsp3) is 0.455. The van der Waals surface area contributed by atoms with Gasteiger partial charge in [0.05, 0.1) is 5.54 Å². The molecule has 0 fully saturated rings. The van der Waals surface area contributed by atoms with Crippen molar-refractivity contribution >= 4 is 11.1 Å². The van der Waals surface area contributed by atoms with Crippen molar-refractivity contribution in [3.05, 3.63) is 29.8 Å². The van der Waals surface area contributed by atoms with Crippen molar-refractivity contribution in [2.75, 3.05) is 0 Å². The lowest BCUT2D eigenvalue weighted by Crippen LogP contribution is -2.67. The van der Waals surface area contributed by atoms with Gasteiger partial charge in [-0.1, -0.05) is 17.7 Å². The molecule has 0 radical (unpaired) electrons. The van der Waals surface area contributed by atoms with Gasteiger partial charge in [-0.15, -0.1) is 0 Å². The van der Waals surface area contributed by atoms with Gasteiger partial charge in [-0.3, -0.25) is 4.21 Å². The molecule has 1 atom stereocenters. The molecule has 86 valence electrons. The quantitative estimate of drug-likeness (QED) is 0.737. The highest BCUT2D eigenvalue weighted by molar-refractivity contribution is 7.79. The maximum absolute atomic E-state index is 10.3. The summed E-state index contributed by atoms with van der Waals surface area (Å²) in [5, 5.41) is 0. The van der Waals surface area contributed by atoms with Crippen LogP contribution in [-0.4, -0.2) is 14.3 Å². The molecule has 0 bridgehead atoms. The van der Waals surface area contributed by atoms with E-state index in [4.69, 9.17) is 0 Å². The molecule has 1 aromatic rings. The van der Waals surface area contributed by atoms with E-state index in [1.807, 2.05) is 6.92 Å². The topological polar surface area (TPSA) is 67.8 Å². The minimum absolute atomic E-state index is 0.250. The second kappa shape index (κ2) is 6.00. The minimum Gasteiger partial charge on any atom is -0.768 e. The number of quaternary nitrogens is 1. The highest BCUT2D eigenvalue weighted by Gasteiger charge is 2.00. The molecule has 0 amide bonds. The van der Waals surface area contributed by atoms with Crippen molar-refractivity contribution in [3.63, 3.8) is 0 Å². The third-order valence-corrected chi connectivity index (χ3v) is 1.87. The molecule has 0 saturated carbocycles. The summed E-state index contributed by atoms with van der Waals surface area (Å²) in [6, 6.07) is 6.70. The van der Waals surface area contributed by atoms with Gasteiger partial charge in [0.15, 0.2) is 0 Å². The van der Waals surface area contributed by atoms with Crippen LogP contribution in [0.2, 0.25) is 0 Å². The van der Waals surface area contributed by atoms with Crippen molar-refractivity contribution in [2.45, 2.75) is 38.1 Å². The molecular formula is C11H19NO2S. The Balaban J connectivity index is 0.000000336. The van der Waals surface area contributed by atoms with Crippen LogP contribution in [0.25, 0.3) is 0 Å². The third-order valence-electron chi connectivity index (χ3n) is 1.21. The lowest BCUT2D eigenvalue weighted by molar-refractivity contribution is -0.458. The van der Waals surface area contributed by atoms with Gasteiger partial charge >= 0.3 is 0 Å². The van der Waals surface area contributed by atoms with Crippen LogP contribution in [0.5, 0.6) is 0 Å². The zero-order valence-electron chi connectivity index (χ0n) is 9.74. The summed E-state index contributed by atoms with van der Waals surface area (Å²) < 4.78 is 20.6. The molecule has 0 spiro atoms. The maximum Gasteiger partial charge on any atom is 0.0860 e. The predicted octanol–water partition coefficient (Wildman–Crippen LogP) is 1.26. The first-order valence-electron chi connectivity index (χ1n) is 4.71. The van der Waals surface area contributed by atoms with Gasteiger partial charge in [0, 0.05) is 4.90 Å². The zero-order valence-corrected chi connectivity index (χ0v) is 10.6. The number of hydrogen-bond donors (Lipinski definition) is 1. The number of aryl methyl sites for hydroxylation is 1. The maximum atomic E-state index is 10.3. The number of benzene rings is 1. The molecule has 1 aromatic carbocycles. The average molecular weight is 229 g/mol. The van der Waals surface area contributed by atoms with Gasteiger partial charge in [-0.2, -0.15) is 0 Å². The summed E-state index contributed by atoms with van der Waals surface area (Å²) in [7, 11) is 0. The predicted molar refractivity (Wildman–Crippen MR) is 61.0 cm³/mol. The van der Waals surface area contributed by atoms with Crippen molar-refractivity contribution in [1.29, 1.82) is 0 Å². The third kappa shape index (κ3) is 9.59. The van der Waals surface area contributed by atoms with E-state index in [1.165, 1.54) is 0 Å². The van der Waals surface area contributed by atoms with Crippen LogP contribution < -0.4 is 5.73 Å². The van der Waals surface area contributed by atoms with E-state index in [0.29, 0.717) is 4.90 Å². The van der Waals surface area contributed by atoms with Crippen molar-refractivity contribution in [2.24, 2.45) is 0 Å². The van der Waals surface area contributed by atoms with E-state index in [0.717, 1.165) is 5.56 Å². The summed E-state index contributed by atoms with van der Waals surface area (Å²) in [5.74, 6) is 0. The summed E-state index contributed by atoms with van der Waals surface area (Å²) >= 11 is -2.09. The Morgan fingerprint density at radius 3 is 1.80 bits per heavy atom. The molecule has 0 aliphatic carbocycles. The van der Waals surface area contributed by atoms with E-state index in [9.17, 15) is 8.76 Å². The Labute approximate surface area is 94.0 Å². The summed E-state index contributed by atoms with van der Waals surface area (Å²) in [5.41, 5.74) is 5.08.